The van der Waals surface area contributed by atoms with Crippen molar-refractivity contribution in [3.05, 3.63) is 59.4 Å². The number of fused-ring (bicyclic) bond motifs is 1. The normalized spacial score (nSPS) is 10.3. The van der Waals surface area contributed by atoms with Crippen molar-refractivity contribution in [1.29, 1.82) is 5.26 Å². The summed E-state index contributed by atoms with van der Waals surface area (Å²) in [5.41, 5.74) is 2.13. The second-order valence-corrected chi connectivity index (χ2v) is 5.62. The minimum absolute atomic E-state index is 0.0277. The highest BCUT2D eigenvalue weighted by molar-refractivity contribution is 5.91. The van der Waals surface area contributed by atoms with Gasteiger partial charge in [0, 0.05) is 18.0 Å². The number of aromatic nitrogens is 1. The Balaban J connectivity index is 1.86. The van der Waals surface area contributed by atoms with Crippen molar-refractivity contribution in [3.63, 3.8) is 0 Å². The number of nitrogens with zero attached hydrogens (tertiary/aromatic N) is 2. The molecule has 0 aliphatic carbocycles. The van der Waals surface area contributed by atoms with Crippen LogP contribution in [-0.4, -0.2) is 31.7 Å². The first-order valence-corrected chi connectivity index (χ1v) is 8.08. The Morgan fingerprint density at radius 1 is 1.11 bits per heavy atom. The molecule has 0 spiro atoms. The second kappa shape index (κ2) is 7.70. The van der Waals surface area contributed by atoms with Gasteiger partial charge in [-0.25, -0.2) is 4.79 Å². The molecular formula is C20H18N2O5. The topological polar surface area (TPSA) is 82.2 Å². The van der Waals surface area contributed by atoms with Gasteiger partial charge in [0.25, 0.3) is 0 Å². The van der Waals surface area contributed by atoms with Gasteiger partial charge < -0.3 is 23.3 Å². The fourth-order valence-electron chi connectivity index (χ4n) is 2.84. The molecule has 7 nitrogen and oxygen atoms in total. The molecule has 0 atom stereocenters. The molecule has 1 aromatic carbocycles. The Morgan fingerprint density at radius 3 is 2.41 bits per heavy atom. The van der Waals surface area contributed by atoms with E-state index in [2.05, 4.69) is 6.07 Å². The molecule has 0 aliphatic rings. The number of nitriles is 1. The maximum atomic E-state index is 12.5. The van der Waals surface area contributed by atoms with Crippen molar-refractivity contribution in [2.75, 3.05) is 21.3 Å². The van der Waals surface area contributed by atoms with Crippen molar-refractivity contribution in [2.24, 2.45) is 0 Å². The molecular weight excluding hydrogens is 348 g/mol. The molecule has 0 unspecified atom stereocenters. The van der Waals surface area contributed by atoms with Crippen LogP contribution < -0.4 is 14.2 Å². The number of pyridine rings is 1. The van der Waals surface area contributed by atoms with Crippen LogP contribution in [0, 0.1) is 11.3 Å². The summed E-state index contributed by atoms with van der Waals surface area (Å²) in [5, 5.41) is 9.43. The van der Waals surface area contributed by atoms with E-state index < -0.39 is 5.97 Å². The van der Waals surface area contributed by atoms with Gasteiger partial charge >= 0.3 is 5.97 Å². The molecule has 0 fully saturated rings. The van der Waals surface area contributed by atoms with Crippen LogP contribution in [0.2, 0.25) is 0 Å². The van der Waals surface area contributed by atoms with E-state index in [1.807, 2.05) is 28.8 Å². The highest BCUT2D eigenvalue weighted by Gasteiger charge is 2.19. The number of ether oxygens (including phenoxy) is 4. The van der Waals surface area contributed by atoms with E-state index in [1.54, 1.807) is 6.20 Å². The first-order valence-electron chi connectivity index (χ1n) is 8.08. The number of hydrogen-bond donors (Lipinski definition) is 0. The number of rotatable bonds is 6. The lowest BCUT2D eigenvalue weighted by molar-refractivity contribution is 0.0471. The molecule has 3 rings (SSSR count). The van der Waals surface area contributed by atoms with Crippen molar-refractivity contribution in [3.8, 4) is 23.3 Å². The molecule has 0 aliphatic heterocycles. The van der Waals surface area contributed by atoms with Crippen molar-refractivity contribution >= 4 is 11.5 Å². The van der Waals surface area contributed by atoms with Gasteiger partial charge in [0.2, 0.25) is 5.75 Å². The summed E-state index contributed by atoms with van der Waals surface area (Å²) >= 11 is 0. The fraction of sp³-hybridized carbons (Fsp3) is 0.200. The summed E-state index contributed by atoms with van der Waals surface area (Å²) in [6.07, 6.45) is 3.61. The van der Waals surface area contributed by atoms with Crippen LogP contribution in [0.25, 0.3) is 5.52 Å². The van der Waals surface area contributed by atoms with Crippen LogP contribution in [0.5, 0.6) is 17.2 Å². The number of carbonyl (C=O) groups excluding carboxylic acids is 1. The van der Waals surface area contributed by atoms with Gasteiger partial charge in [-0.05, 0) is 24.3 Å². The van der Waals surface area contributed by atoms with Crippen LogP contribution in [-0.2, 0) is 11.3 Å². The van der Waals surface area contributed by atoms with Crippen molar-refractivity contribution in [2.45, 2.75) is 6.61 Å². The first kappa shape index (κ1) is 18.1. The molecule has 2 aromatic heterocycles. The Morgan fingerprint density at radius 2 is 1.81 bits per heavy atom. The van der Waals surface area contributed by atoms with Gasteiger partial charge in [0.05, 0.1) is 38.0 Å². The highest BCUT2D eigenvalue weighted by Crippen LogP contribution is 2.38. The minimum atomic E-state index is -0.562. The van der Waals surface area contributed by atoms with Crippen molar-refractivity contribution in [1.82, 2.24) is 4.40 Å². The van der Waals surface area contributed by atoms with Gasteiger partial charge in [-0.15, -0.1) is 0 Å². The quantitative estimate of drug-likeness (QED) is 0.623. The predicted octanol–water partition coefficient (Wildman–Crippen LogP) is 3.19. The van der Waals surface area contributed by atoms with E-state index in [1.165, 1.54) is 33.5 Å². The average molecular weight is 366 g/mol. The second-order valence-electron chi connectivity index (χ2n) is 5.62. The molecule has 0 radical (unpaired) electrons. The third-order valence-electron chi connectivity index (χ3n) is 4.13. The van der Waals surface area contributed by atoms with Crippen LogP contribution in [0.4, 0.5) is 0 Å². The molecule has 7 heteroatoms. The van der Waals surface area contributed by atoms with Crippen LogP contribution >= 0.6 is 0 Å². The SMILES string of the molecule is COc1cc(C(=O)OCc2cn3ccccc3c2C#N)cc(OC)c1OC. The van der Waals surface area contributed by atoms with E-state index >= 15 is 0 Å². The smallest absolute Gasteiger partial charge is 0.338 e. The van der Waals surface area contributed by atoms with E-state index in [-0.39, 0.29) is 12.2 Å². The zero-order chi connectivity index (χ0) is 19.4. The van der Waals surface area contributed by atoms with Crippen LogP contribution in [0.15, 0.2) is 42.7 Å². The molecule has 0 bridgehead atoms. The summed E-state index contributed by atoms with van der Waals surface area (Å²) in [7, 11) is 4.43. The van der Waals surface area contributed by atoms with E-state index in [9.17, 15) is 10.1 Å². The Hall–Kier alpha value is -3.66. The van der Waals surface area contributed by atoms with Crippen LogP contribution in [0.1, 0.15) is 21.5 Å². The number of esters is 1. The maximum absolute atomic E-state index is 12.5. The summed E-state index contributed by atoms with van der Waals surface area (Å²) in [4.78, 5) is 12.5. The van der Waals surface area contributed by atoms with Crippen LogP contribution in [0.3, 0.4) is 0 Å². The van der Waals surface area contributed by atoms with Gasteiger partial charge in [0.1, 0.15) is 12.7 Å². The van der Waals surface area contributed by atoms with E-state index in [0.717, 1.165) is 5.52 Å². The third kappa shape index (κ3) is 3.37. The van der Waals surface area contributed by atoms with Gasteiger partial charge in [-0.2, -0.15) is 5.26 Å². The lowest BCUT2D eigenvalue weighted by Gasteiger charge is -2.13. The molecule has 27 heavy (non-hydrogen) atoms. The first-order chi connectivity index (χ1) is 13.1. The lowest BCUT2D eigenvalue weighted by Crippen LogP contribution is -2.07. The molecule has 0 N–H and O–H groups in total. The molecule has 2 heterocycles. The molecule has 138 valence electrons. The fourth-order valence-corrected chi connectivity index (χ4v) is 2.84. The number of hydrogen-bond acceptors (Lipinski definition) is 6. The standard InChI is InChI=1S/C20H18N2O5/c1-24-17-8-13(9-18(25-2)19(17)26-3)20(23)27-12-14-11-22-7-5-4-6-16(22)15(14)10-21/h4-9,11H,12H2,1-3H3. The zero-order valence-corrected chi connectivity index (χ0v) is 15.2. The Labute approximate surface area is 156 Å². The third-order valence-corrected chi connectivity index (χ3v) is 4.13. The van der Waals surface area contributed by atoms with E-state index in [0.29, 0.717) is 28.4 Å². The molecule has 0 saturated carbocycles. The summed E-state index contributed by atoms with van der Waals surface area (Å²) in [6, 6.07) is 10.7. The predicted molar refractivity (Wildman–Crippen MR) is 97.3 cm³/mol. The maximum Gasteiger partial charge on any atom is 0.338 e. The Bertz CT molecular complexity index is 1010. The van der Waals surface area contributed by atoms with E-state index in [4.69, 9.17) is 18.9 Å². The molecule has 0 saturated heterocycles. The average Bonchev–Trinajstić information content (AvgIpc) is 3.08. The summed E-state index contributed by atoms with van der Waals surface area (Å²) in [5.74, 6) is 0.544. The van der Waals surface area contributed by atoms with Crippen molar-refractivity contribution < 1.29 is 23.7 Å². The van der Waals surface area contributed by atoms with Gasteiger partial charge in [0.15, 0.2) is 11.5 Å². The highest BCUT2D eigenvalue weighted by atomic mass is 16.5. The van der Waals surface area contributed by atoms with Gasteiger partial charge in [-0.3, -0.25) is 0 Å². The Kier molecular flexibility index (Phi) is 5.18. The number of methoxy groups -OCH3 is 3. The monoisotopic (exact) mass is 366 g/mol. The number of benzene rings is 1. The zero-order valence-electron chi connectivity index (χ0n) is 15.2. The molecule has 3 aromatic rings. The number of carbonyl (C=O) groups is 1. The van der Waals surface area contributed by atoms with Gasteiger partial charge in [-0.1, -0.05) is 6.07 Å². The largest absolute Gasteiger partial charge is 0.493 e. The molecule has 0 amide bonds. The summed E-state index contributed by atoms with van der Waals surface area (Å²) < 4.78 is 23.0. The minimum Gasteiger partial charge on any atom is -0.493 e. The summed E-state index contributed by atoms with van der Waals surface area (Å²) in [6.45, 7) is -0.0277. The lowest BCUT2D eigenvalue weighted by atomic mass is 10.1.